The number of carbonyl (C=O) groups excluding carboxylic acids is 3. The van der Waals surface area contributed by atoms with Crippen LogP contribution in [0.25, 0.3) is 0 Å². The van der Waals surface area contributed by atoms with E-state index >= 15 is 0 Å². The number of hydrogen-bond donors (Lipinski definition) is 0. The van der Waals surface area contributed by atoms with Gasteiger partial charge in [-0.15, -0.1) is 0 Å². The standard InChI is InChI=1S/C49H94O6/c1-43(2)35-29-23-17-13-11-9-7-8-10-12-14-20-28-34-40-49(52)55-46(42-54-48(51)39-33-27-22-21-25-31-37-45(5)6)41-53-47(50)38-32-26-19-16-15-18-24-30-36-44(3)4/h43-46H,7-42H2,1-6H3/t46-/m1/s1. The van der Waals surface area contributed by atoms with Gasteiger partial charge in [-0.25, -0.2) is 0 Å². The summed E-state index contributed by atoms with van der Waals surface area (Å²) in [4.78, 5) is 37.7. The van der Waals surface area contributed by atoms with Gasteiger partial charge in [0.25, 0.3) is 0 Å². The summed E-state index contributed by atoms with van der Waals surface area (Å²) in [6.07, 6.45) is 38.2. The predicted molar refractivity (Wildman–Crippen MR) is 233 cm³/mol. The Morgan fingerprint density at radius 2 is 0.527 bits per heavy atom. The molecule has 0 aliphatic rings. The van der Waals surface area contributed by atoms with Crippen LogP contribution < -0.4 is 0 Å². The van der Waals surface area contributed by atoms with Crippen molar-refractivity contribution in [2.45, 2.75) is 266 Å². The first-order valence-electron chi connectivity index (χ1n) is 24.1. The smallest absolute Gasteiger partial charge is 0.306 e. The van der Waals surface area contributed by atoms with E-state index in [1.54, 1.807) is 0 Å². The normalized spacial score (nSPS) is 12.2. The fraction of sp³-hybridized carbons (Fsp3) is 0.939. The maximum atomic E-state index is 12.7. The molecule has 0 aromatic heterocycles. The Balaban J connectivity index is 4.28. The van der Waals surface area contributed by atoms with Gasteiger partial charge in [0.15, 0.2) is 6.10 Å². The van der Waals surface area contributed by atoms with Crippen LogP contribution in [-0.4, -0.2) is 37.2 Å². The first-order valence-corrected chi connectivity index (χ1v) is 24.1. The number of hydrogen-bond acceptors (Lipinski definition) is 6. The Kier molecular flexibility index (Phi) is 39.4. The second-order valence-electron chi connectivity index (χ2n) is 18.2. The predicted octanol–water partition coefficient (Wildman–Crippen LogP) is 15.2. The van der Waals surface area contributed by atoms with E-state index in [9.17, 15) is 14.4 Å². The minimum absolute atomic E-state index is 0.0666. The SMILES string of the molecule is CC(C)CCCCCCCCCCCCCCCCC(=O)O[C@H](COC(=O)CCCCCCCCCCC(C)C)COC(=O)CCCCCCCCC(C)C. The first kappa shape index (κ1) is 53.4. The van der Waals surface area contributed by atoms with Crippen LogP contribution in [0.15, 0.2) is 0 Å². The molecule has 0 unspecified atom stereocenters. The van der Waals surface area contributed by atoms with Crippen molar-refractivity contribution < 1.29 is 28.6 Å². The van der Waals surface area contributed by atoms with Gasteiger partial charge in [0.2, 0.25) is 0 Å². The largest absolute Gasteiger partial charge is 0.462 e. The van der Waals surface area contributed by atoms with Gasteiger partial charge >= 0.3 is 17.9 Å². The van der Waals surface area contributed by atoms with Gasteiger partial charge in [0, 0.05) is 19.3 Å². The molecule has 0 spiro atoms. The molecule has 0 fully saturated rings. The Labute approximate surface area is 342 Å². The van der Waals surface area contributed by atoms with Crippen LogP contribution in [0.4, 0.5) is 0 Å². The van der Waals surface area contributed by atoms with E-state index < -0.39 is 6.10 Å². The monoisotopic (exact) mass is 779 g/mol. The Morgan fingerprint density at radius 3 is 0.782 bits per heavy atom. The highest BCUT2D eigenvalue weighted by molar-refractivity contribution is 5.71. The van der Waals surface area contributed by atoms with E-state index in [4.69, 9.17) is 14.2 Å². The van der Waals surface area contributed by atoms with Crippen LogP contribution in [0, 0.1) is 17.8 Å². The van der Waals surface area contributed by atoms with E-state index in [1.807, 2.05) is 0 Å². The number of esters is 3. The maximum absolute atomic E-state index is 12.7. The number of ether oxygens (including phenoxy) is 3. The van der Waals surface area contributed by atoms with Crippen molar-refractivity contribution in [1.82, 2.24) is 0 Å². The lowest BCUT2D eigenvalue weighted by atomic mass is 10.0. The molecule has 0 aromatic carbocycles. The lowest BCUT2D eigenvalue weighted by Gasteiger charge is -2.18. The van der Waals surface area contributed by atoms with Crippen molar-refractivity contribution in [3.05, 3.63) is 0 Å². The number of carbonyl (C=O) groups is 3. The summed E-state index contributed by atoms with van der Waals surface area (Å²) in [5.74, 6) is 1.54. The Morgan fingerprint density at radius 1 is 0.309 bits per heavy atom. The summed E-state index contributed by atoms with van der Waals surface area (Å²) < 4.78 is 16.7. The summed E-state index contributed by atoms with van der Waals surface area (Å²) in [5, 5.41) is 0. The van der Waals surface area contributed by atoms with Crippen LogP contribution in [0.3, 0.4) is 0 Å². The molecule has 1 atom stereocenters. The molecule has 0 aliphatic heterocycles. The lowest BCUT2D eigenvalue weighted by Crippen LogP contribution is -2.30. The molecule has 55 heavy (non-hydrogen) atoms. The molecule has 0 saturated heterocycles. The topological polar surface area (TPSA) is 78.9 Å². The van der Waals surface area contributed by atoms with Crippen molar-refractivity contribution >= 4 is 17.9 Å². The molecule has 326 valence electrons. The second kappa shape index (κ2) is 40.6. The molecule has 0 bridgehead atoms. The Bertz CT molecular complexity index is 852. The van der Waals surface area contributed by atoms with Crippen molar-refractivity contribution in [1.29, 1.82) is 0 Å². The average molecular weight is 779 g/mol. The van der Waals surface area contributed by atoms with Gasteiger partial charge in [-0.05, 0) is 37.0 Å². The van der Waals surface area contributed by atoms with E-state index in [-0.39, 0.29) is 31.1 Å². The van der Waals surface area contributed by atoms with Crippen LogP contribution in [0.5, 0.6) is 0 Å². The molecule has 0 rings (SSSR count). The van der Waals surface area contributed by atoms with Crippen molar-refractivity contribution in [2.75, 3.05) is 13.2 Å². The third kappa shape index (κ3) is 43.4. The molecule has 0 radical (unpaired) electrons. The van der Waals surface area contributed by atoms with Gasteiger partial charge in [-0.1, -0.05) is 221 Å². The van der Waals surface area contributed by atoms with Gasteiger partial charge in [0.1, 0.15) is 13.2 Å². The molecule has 0 heterocycles. The van der Waals surface area contributed by atoms with E-state index in [1.165, 1.54) is 141 Å². The van der Waals surface area contributed by atoms with Gasteiger partial charge in [-0.2, -0.15) is 0 Å². The average Bonchev–Trinajstić information content (AvgIpc) is 3.13. The molecular weight excluding hydrogens is 685 g/mol. The zero-order valence-corrected chi connectivity index (χ0v) is 37.7. The second-order valence-corrected chi connectivity index (χ2v) is 18.2. The highest BCUT2D eigenvalue weighted by Gasteiger charge is 2.19. The van der Waals surface area contributed by atoms with Crippen molar-refractivity contribution in [2.24, 2.45) is 17.8 Å². The zero-order valence-electron chi connectivity index (χ0n) is 37.7. The molecule has 6 nitrogen and oxygen atoms in total. The molecule has 0 amide bonds. The number of rotatable bonds is 42. The van der Waals surface area contributed by atoms with E-state index in [0.717, 1.165) is 75.5 Å². The fourth-order valence-electron chi connectivity index (χ4n) is 7.23. The molecule has 0 aromatic rings. The summed E-state index contributed by atoms with van der Waals surface area (Å²) in [6, 6.07) is 0. The molecular formula is C49H94O6. The van der Waals surface area contributed by atoms with Crippen molar-refractivity contribution in [3.8, 4) is 0 Å². The molecule has 0 N–H and O–H groups in total. The Hall–Kier alpha value is -1.59. The fourth-order valence-corrected chi connectivity index (χ4v) is 7.23. The number of unbranched alkanes of at least 4 members (excludes halogenated alkanes) is 25. The van der Waals surface area contributed by atoms with Crippen LogP contribution in [0.2, 0.25) is 0 Å². The summed E-state index contributed by atoms with van der Waals surface area (Å²) >= 11 is 0. The minimum atomic E-state index is -0.762. The first-order chi connectivity index (χ1) is 26.6. The van der Waals surface area contributed by atoms with Crippen LogP contribution >= 0.6 is 0 Å². The van der Waals surface area contributed by atoms with Gasteiger partial charge in [-0.3, -0.25) is 14.4 Å². The highest BCUT2D eigenvalue weighted by atomic mass is 16.6. The third-order valence-corrected chi connectivity index (χ3v) is 10.9. The van der Waals surface area contributed by atoms with Crippen molar-refractivity contribution in [3.63, 3.8) is 0 Å². The molecule has 6 heteroatoms. The van der Waals surface area contributed by atoms with Gasteiger partial charge < -0.3 is 14.2 Å². The van der Waals surface area contributed by atoms with E-state index in [0.29, 0.717) is 19.3 Å². The lowest BCUT2D eigenvalue weighted by molar-refractivity contribution is -0.167. The van der Waals surface area contributed by atoms with Gasteiger partial charge in [0.05, 0.1) is 0 Å². The van der Waals surface area contributed by atoms with E-state index in [2.05, 4.69) is 41.5 Å². The highest BCUT2D eigenvalue weighted by Crippen LogP contribution is 2.17. The molecule has 0 aliphatic carbocycles. The third-order valence-electron chi connectivity index (χ3n) is 10.9. The quantitative estimate of drug-likeness (QED) is 0.0349. The molecule has 0 saturated carbocycles. The summed E-state index contributed by atoms with van der Waals surface area (Å²) in [5.41, 5.74) is 0. The van der Waals surface area contributed by atoms with Crippen LogP contribution in [-0.2, 0) is 28.6 Å². The van der Waals surface area contributed by atoms with Crippen LogP contribution in [0.1, 0.15) is 260 Å². The summed E-state index contributed by atoms with van der Waals surface area (Å²) in [6.45, 7) is 13.6. The summed E-state index contributed by atoms with van der Waals surface area (Å²) in [7, 11) is 0. The zero-order chi connectivity index (χ0) is 40.6. The minimum Gasteiger partial charge on any atom is -0.462 e. The maximum Gasteiger partial charge on any atom is 0.306 e.